The normalized spacial score (nSPS) is 20.0. The van der Waals surface area contributed by atoms with E-state index in [0.717, 1.165) is 30.9 Å². The average Bonchev–Trinajstić information content (AvgIpc) is 2.41. The molecule has 0 bridgehead atoms. The first kappa shape index (κ1) is 10.2. The number of hydrogen-bond donors (Lipinski definition) is 1. The third-order valence-corrected chi connectivity index (χ3v) is 3.23. The smallest absolute Gasteiger partial charge is 0.303 e. The average molecular weight is 208 g/mol. The number of rotatable bonds is 2. The summed E-state index contributed by atoms with van der Waals surface area (Å²) in [5.74, 6) is 0.618. The standard InChI is InChI=1S/C11H16N2O2/c1-7-8(2)13-4-3-9(6-11(14)15)5-10(13)12-7/h9H,3-6H2,1-2H3,(H,14,15). The second-order valence-electron chi connectivity index (χ2n) is 4.31. The van der Waals surface area contributed by atoms with Crippen molar-refractivity contribution in [3.63, 3.8) is 0 Å². The molecule has 1 unspecified atom stereocenters. The van der Waals surface area contributed by atoms with Crippen LogP contribution in [0.3, 0.4) is 0 Å². The van der Waals surface area contributed by atoms with Gasteiger partial charge in [0.1, 0.15) is 5.82 Å². The number of carboxylic acids is 1. The van der Waals surface area contributed by atoms with Gasteiger partial charge in [-0.1, -0.05) is 0 Å². The summed E-state index contributed by atoms with van der Waals surface area (Å²) < 4.78 is 2.22. The second kappa shape index (κ2) is 3.68. The SMILES string of the molecule is Cc1nc2n(c1C)CCC(CC(=O)O)C2. The first-order valence-corrected chi connectivity index (χ1v) is 5.32. The molecule has 0 saturated heterocycles. The molecular weight excluding hydrogens is 192 g/mol. The lowest BCUT2D eigenvalue weighted by atomic mass is 9.94. The van der Waals surface area contributed by atoms with Crippen molar-refractivity contribution in [2.75, 3.05) is 0 Å². The fraction of sp³-hybridized carbons (Fsp3) is 0.636. The van der Waals surface area contributed by atoms with Crippen molar-refractivity contribution in [1.82, 2.24) is 9.55 Å². The molecule has 4 nitrogen and oxygen atoms in total. The summed E-state index contributed by atoms with van der Waals surface area (Å²) in [5.41, 5.74) is 2.29. The highest BCUT2D eigenvalue weighted by atomic mass is 16.4. The minimum atomic E-state index is -0.701. The molecule has 1 aromatic heterocycles. The van der Waals surface area contributed by atoms with Crippen LogP contribution in [0.1, 0.15) is 30.1 Å². The van der Waals surface area contributed by atoms with Crippen LogP contribution in [-0.4, -0.2) is 20.6 Å². The van der Waals surface area contributed by atoms with Crippen molar-refractivity contribution >= 4 is 5.97 Å². The fourth-order valence-corrected chi connectivity index (χ4v) is 2.27. The minimum absolute atomic E-state index is 0.260. The summed E-state index contributed by atoms with van der Waals surface area (Å²) in [6.45, 7) is 5.00. The molecule has 0 aliphatic carbocycles. The molecule has 0 radical (unpaired) electrons. The van der Waals surface area contributed by atoms with Gasteiger partial charge in [0, 0.05) is 25.1 Å². The summed E-state index contributed by atoms with van der Waals surface area (Å²) in [7, 11) is 0. The maximum absolute atomic E-state index is 10.6. The van der Waals surface area contributed by atoms with E-state index >= 15 is 0 Å². The van der Waals surface area contributed by atoms with Gasteiger partial charge in [0.2, 0.25) is 0 Å². The van der Waals surface area contributed by atoms with Crippen LogP contribution < -0.4 is 0 Å². The molecule has 1 N–H and O–H groups in total. The summed E-state index contributed by atoms with van der Waals surface area (Å²) in [4.78, 5) is 15.1. The van der Waals surface area contributed by atoms with E-state index in [-0.39, 0.29) is 12.3 Å². The lowest BCUT2D eigenvalue weighted by Gasteiger charge is -2.22. The molecule has 0 aromatic carbocycles. The van der Waals surface area contributed by atoms with E-state index in [0.29, 0.717) is 0 Å². The first-order valence-electron chi connectivity index (χ1n) is 5.32. The summed E-state index contributed by atoms with van der Waals surface area (Å²) in [6, 6.07) is 0. The Balaban J connectivity index is 2.16. The highest BCUT2D eigenvalue weighted by Gasteiger charge is 2.23. The number of nitrogens with zero attached hydrogens (tertiary/aromatic N) is 2. The third-order valence-electron chi connectivity index (χ3n) is 3.23. The molecule has 1 aliphatic rings. The molecule has 4 heteroatoms. The topological polar surface area (TPSA) is 55.1 Å². The van der Waals surface area contributed by atoms with Gasteiger partial charge in [0.15, 0.2) is 0 Å². The van der Waals surface area contributed by atoms with Crippen LogP contribution in [-0.2, 0) is 17.8 Å². The van der Waals surface area contributed by atoms with Gasteiger partial charge in [0.05, 0.1) is 5.69 Å². The fourth-order valence-electron chi connectivity index (χ4n) is 2.27. The van der Waals surface area contributed by atoms with E-state index < -0.39 is 5.97 Å². The maximum atomic E-state index is 10.6. The van der Waals surface area contributed by atoms with Crippen molar-refractivity contribution in [2.24, 2.45) is 5.92 Å². The molecule has 0 spiro atoms. The zero-order valence-corrected chi connectivity index (χ0v) is 9.16. The number of aryl methyl sites for hydroxylation is 1. The Morgan fingerprint density at radius 3 is 3.00 bits per heavy atom. The van der Waals surface area contributed by atoms with Gasteiger partial charge < -0.3 is 9.67 Å². The largest absolute Gasteiger partial charge is 0.481 e. The Morgan fingerprint density at radius 2 is 2.33 bits per heavy atom. The van der Waals surface area contributed by atoms with Gasteiger partial charge in [-0.15, -0.1) is 0 Å². The van der Waals surface area contributed by atoms with E-state index in [1.165, 1.54) is 5.69 Å². The number of carboxylic acid groups (broad SMARTS) is 1. The van der Waals surface area contributed by atoms with E-state index in [1.807, 2.05) is 6.92 Å². The number of hydrogen-bond acceptors (Lipinski definition) is 2. The van der Waals surface area contributed by atoms with Crippen LogP contribution in [0, 0.1) is 19.8 Å². The van der Waals surface area contributed by atoms with Gasteiger partial charge in [-0.2, -0.15) is 0 Å². The van der Waals surface area contributed by atoms with E-state index in [4.69, 9.17) is 5.11 Å². The van der Waals surface area contributed by atoms with E-state index in [2.05, 4.69) is 16.5 Å². The lowest BCUT2D eigenvalue weighted by Crippen LogP contribution is -2.22. The number of imidazole rings is 1. The molecule has 0 amide bonds. The van der Waals surface area contributed by atoms with E-state index in [9.17, 15) is 4.79 Å². The van der Waals surface area contributed by atoms with Crippen molar-refractivity contribution in [2.45, 2.75) is 39.7 Å². The Bertz CT molecular complexity index is 396. The van der Waals surface area contributed by atoms with Gasteiger partial charge in [-0.3, -0.25) is 4.79 Å². The molecule has 15 heavy (non-hydrogen) atoms. The first-order chi connectivity index (χ1) is 7.08. The van der Waals surface area contributed by atoms with Gasteiger partial charge in [-0.25, -0.2) is 4.98 Å². The van der Waals surface area contributed by atoms with Crippen LogP contribution in [0.15, 0.2) is 0 Å². The zero-order valence-electron chi connectivity index (χ0n) is 9.16. The van der Waals surface area contributed by atoms with Crippen molar-refractivity contribution in [3.8, 4) is 0 Å². The Labute approximate surface area is 88.9 Å². The van der Waals surface area contributed by atoms with Gasteiger partial charge >= 0.3 is 5.97 Å². The number of fused-ring (bicyclic) bond motifs is 1. The number of aliphatic carboxylic acids is 1. The summed E-state index contributed by atoms with van der Waals surface area (Å²) >= 11 is 0. The van der Waals surface area contributed by atoms with Crippen molar-refractivity contribution in [3.05, 3.63) is 17.2 Å². The predicted octanol–water partition coefficient (Wildman–Crippen LogP) is 1.54. The molecule has 2 rings (SSSR count). The van der Waals surface area contributed by atoms with E-state index in [1.54, 1.807) is 0 Å². The van der Waals surface area contributed by atoms with Crippen molar-refractivity contribution in [1.29, 1.82) is 0 Å². The third kappa shape index (κ3) is 1.89. The summed E-state index contributed by atoms with van der Waals surface area (Å²) in [5, 5.41) is 8.75. The molecular formula is C11H16N2O2. The van der Waals surface area contributed by atoms with Crippen molar-refractivity contribution < 1.29 is 9.90 Å². The molecule has 1 aliphatic heterocycles. The van der Waals surface area contributed by atoms with Crippen LogP contribution in [0.5, 0.6) is 0 Å². The molecule has 82 valence electrons. The predicted molar refractivity (Wildman–Crippen MR) is 55.8 cm³/mol. The number of aromatic nitrogens is 2. The maximum Gasteiger partial charge on any atom is 0.303 e. The monoisotopic (exact) mass is 208 g/mol. The minimum Gasteiger partial charge on any atom is -0.481 e. The van der Waals surface area contributed by atoms with Crippen LogP contribution in [0.25, 0.3) is 0 Å². The number of carbonyl (C=O) groups is 1. The molecule has 1 aromatic rings. The Hall–Kier alpha value is -1.32. The molecule has 0 fully saturated rings. The molecule has 2 heterocycles. The Kier molecular flexibility index (Phi) is 2.50. The Morgan fingerprint density at radius 1 is 1.60 bits per heavy atom. The molecule has 1 atom stereocenters. The quantitative estimate of drug-likeness (QED) is 0.802. The summed E-state index contributed by atoms with van der Waals surface area (Å²) in [6.07, 6.45) is 2.03. The second-order valence-corrected chi connectivity index (χ2v) is 4.31. The van der Waals surface area contributed by atoms with Gasteiger partial charge in [0.25, 0.3) is 0 Å². The van der Waals surface area contributed by atoms with Crippen LogP contribution in [0.4, 0.5) is 0 Å². The van der Waals surface area contributed by atoms with Crippen LogP contribution in [0.2, 0.25) is 0 Å². The van der Waals surface area contributed by atoms with Crippen LogP contribution >= 0.6 is 0 Å². The highest BCUT2D eigenvalue weighted by molar-refractivity contribution is 5.67. The lowest BCUT2D eigenvalue weighted by molar-refractivity contribution is -0.138. The highest BCUT2D eigenvalue weighted by Crippen LogP contribution is 2.24. The zero-order chi connectivity index (χ0) is 11.0. The van der Waals surface area contributed by atoms with Gasteiger partial charge in [-0.05, 0) is 26.2 Å². The molecule has 0 saturated carbocycles.